The molecule has 0 fully saturated rings. The maximum Gasteiger partial charge on any atom is 0.312 e. The van der Waals surface area contributed by atoms with Gasteiger partial charge in [0.25, 0.3) is 0 Å². The van der Waals surface area contributed by atoms with E-state index in [1.165, 1.54) is 14.0 Å². The Morgan fingerprint density at radius 2 is 1.94 bits per heavy atom. The van der Waals surface area contributed by atoms with Crippen molar-refractivity contribution in [1.29, 1.82) is 0 Å². The summed E-state index contributed by atoms with van der Waals surface area (Å²) in [4.78, 5) is 22.5. The summed E-state index contributed by atoms with van der Waals surface area (Å²) in [7, 11) is 1.33. The Hall–Kier alpha value is -1.90. The Labute approximate surface area is 101 Å². The second kappa shape index (κ2) is 6.63. The second-order valence-corrected chi connectivity index (χ2v) is 3.81. The summed E-state index contributed by atoms with van der Waals surface area (Å²) in [5.41, 5.74) is 0.991. The molecule has 1 atom stereocenters. The van der Waals surface area contributed by atoms with Gasteiger partial charge < -0.3 is 4.74 Å². The van der Waals surface area contributed by atoms with Gasteiger partial charge in [-0.3, -0.25) is 9.59 Å². The van der Waals surface area contributed by atoms with E-state index in [0.29, 0.717) is 0 Å². The smallest absolute Gasteiger partial charge is 0.312 e. The number of benzene rings is 1. The van der Waals surface area contributed by atoms with Gasteiger partial charge in [-0.25, -0.2) is 0 Å². The lowest BCUT2D eigenvalue weighted by Gasteiger charge is -2.07. The molecular weight excluding hydrogens is 216 g/mol. The molecule has 17 heavy (non-hydrogen) atoms. The van der Waals surface area contributed by atoms with Crippen LogP contribution in [0, 0.1) is 5.92 Å². The summed E-state index contributed by atoms with van der Waals surface area (Å²) in [6.45, 7) is 1.46. The first kappa shape index (κ1) is 13.2. The van der Waals surface area contributed by atoms with Gasteiger partial charge in [-0.2, -0.15) is 0 Å². The summed E-state index contributed by atoms with van der Waals surface area (Å²) in [6.07, 6.45) is 3.71. The zero-order valence-corrected chi connectivity index (χ0v) is 10.1. The molecule has 1 aromatic carbocycles. The van der Waals surface area contributed by atoms with E-state index in [9.17, 15) is 9.59 Å². The molecule has 0 spiro atoms. The molecule has 1 aromatic rings. The molecule has 1 unspecified atom stereocenters. The predicted octanol–water partition coefficient (Wildman–Crippen LogP) is 2.47. The maximum absolute atomic E-state index is 11.4. The molecule has 0 radical (unpaired) electrons. The third kappa shape index (κ3) is 4.64. The number of carbonyl (C=O) groups is 2. The fraction of sp³-hybridized carbons (Fsp3) is 0.286. The number of hydrogen-bond acceptors (Lipinski definition) is 3. The molecule has 0 N–H and O–H groups in total. The SMILES string of the molecule is COC(=O)C(/C=C/c1ccccc1)CC(C)=O. The molecule has 0 saturated heterocycles. The van der Waals surface area contributed by atoms with Crippen molar-refractivity contribution in [2.75, 3.05) is 7.11 Å². The van der Waals surface area contributed by atoms with Crippen LogP contribution in [0.2, 0.25) is 0 Å². The van der Waals surface area contributed by atoms with Crippen LogP contribution in [0.25, 0.3) is 6.08 Å². The molecule has 0 amide bonds. The van der Waals surface area contributed by atoms with E-state index in [0.717, 1.165) is 5.56 Å². The molecule has 1 rings (SSSR count). The van der Waals surface area contributed by atoms with Crippen molar-refractivity contribution in [3.63, 3.8) is 0 Å². The molecule has 3 heteroatoms. The second-order valence-electron chi connectivity index (χ2n) is 3.81. The molecule has 0 aliphatic carbocycles. The van der Waals surface area contributed by atoms with Crippen molar-refractivity contribution < 1.29 is 14.3 Å². The van der Waals surface area contributed by atoms with Gasteiger partial charge in [0, 0.05) is 6.42 Å². The van der Waals surface area contributed by atoms with Crippen LogP contribution < -0.4 is 0 Å². The van der Waals surface area contributed by atoms with Gasteiger partial charge in [-0.05, 0) is 12.5 Å². The molecule has 3 nitrogen and oxygen atoms in total. The monoisotopic (exact) mass is 232 g/mol. The van der Waals surface area contributed by atoms with Crippen molar-refractivity contribution in [3.05, 3.63) is 42.0 Å². The first-order valence-corrected chi connectivity index (χ1v) is 5.44. The highest BCUT2D eigenvalue weighted by Gasteiger charge is 2.17. The summed E-state index contributed by atoms with van der Waals surface area (Å²) < 4.78 is 4.66. The van der Waals surface area contributed by atoms with Gasteiger partial charge in [0.15, 0.2) is 0 Å². The summed E-state index contributed by atoms with van der Waals surface area (Å²) >= 11 is 0. The summed E-state index contributed by atoms with van der Waals surface area (Å²) in [6, 6.07) is 9.61. The number of hydrogen-bond donors (Lipinski definition) is 0. The topological polar surface area (TPSA) is 43.4 Å². The summed E-state index contributed by atoms with van der Waals surface area (Å²) in [5.74, 6) is -0.914. The van der Waals surface area contributed by atoms with Crippen LogP contribution in [-0.2, 0) is 14.3 Å². The fourth-order valence-corrected chi connectivity index (χ4v) is 1.48. The largest absolute Gasteiger partial charge is 0.469 e. The molecule has 0 aromatic heterocycles. The Bertz CT molecular complexity index is 407. The standard InChI is InChI=1S/C14H16O3/c1-11(15)10-13(14(16)17-2)9-8-12-6-4-3-5-7-12/h3-9,13H,10H2,1-2H3/b9-8+. The zero-order chi connectivity index (χ0) is 12.7. The lowest BCUT2D eigenvalue weighted by molar-refractivity contribution is -0.145. The van der Waals surface area contributed by atoms with Crippen molar-refractivity contribution in [1.82, 2.24) is 0 Å². The highest BCUT2D eigenvalue weighted by molar-refractivity contribution is 5.84. The first-order valence-electron chi connectivity index (χ1n) is 5.44. The average Bonchev–Trinajstić information content (AvgIpc) is 2.34. The van der Waals surface area contributed by atoms with Crippen LogP contribution in [0.15, 0.2) is 36.4 Å². The molecule has 0 aliphatic rings. The van der Waals surface area contributed by atoms with Gasteiger partial charge in [-0.1, -0.05) is 42.5 Å². The number of esters is 1. The highest BCUT2D eigenvalue weighted by Crippen LogP contribution is 2.11. The number of Topliss-reactive ketones (excluding diaryl/α,β-unsaturated/α-hetero) is 1. The van der Waals surface area contributed by atoms with E-state index < -0.39 is 5.92 Å². The Morgan fingerprint density at radius 1 is 1.29 bits per heavy atom. The number of carbonyl (C=O) groups excluding carboxylic acids is 2. The van der Waals surface area contributed by atoms with E-state index in [4.69, 9.17) is 0 Å². The van der Waals surface area contributed by atoms with Crippen LogP contribution in [-0.4, -0.2) is 18.9 Å². The number of rotatable bonds is 5. The van der Waals surface area contributed by atoms with Crippen molar-refractivity contribution in [2.24, 2.45) is 5.92 Å². The number of ketones is 1. The number of ether oxygens (including phenoxy) is 1. The minimum Gasteiger partial charge on any atom is -0.469 e. The third-order valence-electron chi connectivity index (χ3n) is 2.33. The maximum atomic E-state index is 11.4. The van der Waals surface area contributed by atoms with Crippen LogP contribution in [0.1, 0.15) is 18.9 Å². The van der Waals surface area contributed by atoms with Crippen molar-refractivity contribution >= 4 is 17.8 Å². The Balaban J connectivity index is 2.75. The van der Waals surface area contributed by atoms with E-state index in [2.05, 4.69) is 4.74 Å². The normalized spacial score (nSPS) is 12.4. The quantitative estimate of drug-likeness (QED) is 0.732. The van der Waals surface area contributed by atoms with E-state index >= 15 is 0 Å². The zero-order valence-electron chi connectivity index (χ0n) is 10.1. The van der Waals surface area contributed by atoms with Gasteiger partial charge in [-0.15, -0.1) is 0 Å². The van der Waals surface area contributed by atoms with Crippen LogP contribution in [0.5, 0.6) is 0 Å². The van der Waals surface area contributed by atoms with E-state index in [1.807, 2.05) is 36.4 Å². The minimum atomic E-state index is -0.502. The molecular formula is C14H16O3. The van der Waals surface area contributed by atoms with Crippen LogP contribution in [0.3, 0.4) is 0 Å². The van der Waals surface area contributed by atoms with E-state index in [1.54, 1.807) is 6.08 Å². The minimum absolute atomic E-state index is 0.0295. The summed E-state index contributed by atoms with van der Waals surface area (Å²) in [5, 5.41) is 0. The number of methoxy groups -OCH3 is 1. The van der Waals surface area contributed by atoms with E-state index in [-0.39, 0.29) is 18.2 Å². The average molecular weight is 232 g/mol. The van der Waals surface area contributed by atoms with Gasteiger partial charge in [0.1, 0.15) is 5.78 Å². The first-order chi connectivity index (χ1) is 8.13. The van der Waals surface area contributed by atoms with Crippen LogP contribution in [0.4, 0.5) is 0 Å². The van der Waals surface area contributed by atoms with Gasteiger partial charge in [0.05, 0.1) is 13.0 Å². The Morgan fingerprint density at radius 3 is 2.47 bits per heavy atom. The predicted molar refractivity (Wildman–Crippen MR) is 66.3 cm³/mol. The van der Waals surface area contributed by atoms with Gasteiger partial charge in [0.2, 0.25) is 0 Å². The molecule has 0 bridgehead atoms. The molecule has 0 aliphatic heterocycles. The van der Waals surface area contributed by atoms with Crippen LogP contribution >= 0.6 is 0 Å². The van der Waals surface area contributed by atoms with Crippen molar-refractivity contribution in [2.45, 2.75) is 13.3 Å². The Kier molecular flexibility index (Phi) is 5.14. The lowest BCUT2D eigenvalue weighted by atomic mass is 10.0. The molecule has 0 saturated carbocycles. The highest BCUT2D eigenvalue weighted by atomic mass is 16.5. The fourth-order valence-electron chi connectivity index (χ4n) is 1.48. The third-order valence-corrected chi connectivity index (χ3v) is 2.33. The molecule has 0 heterocycles. The molecule has 90 valence electrons. The van der Waals surface area contributed by atoms with Crippen molar-refractivity contribution in [3.8, 4) is 0 Å². The van der Waals surface area contributed by atoms with Gasteiger partial charge >= 0.3 is 5.97 Å². The lowest BCUT2D eigenvalue weighted by Crippen LogP contribution is -2.16.